The maximum atomic E-state index is 11.8. The van der Waals surface area contributed by atoms with Gasteiger partial charge in [0.25, 0.3) is 0 Å². The van der Waals surface area contributed by atoms with Crippen molar-refractivity contribution in [1.82, 2.24) is 5.32 Å². The molecule has 0 saturated heterocycles. The minimum Gasteiger partial charge on any atom is -0.469 e. The number of nitrogens with one attached hydrogen (secondary N) is 1. The number of benzene rings is 1. The van der Waals surface area contributed by atoms with Gasteiger partial charge in [0.15, 0.2) is 0 Å². The maximum absolute atomic E-state index is 11.8. The van der Waals surface area contributed by atoms with E-state index < -0.39 is 5.60 Å². The van der Waals surface area contributed by atoms with Gasteiger partial charge >= 0.3 is 0 Å². The quantitative estimate of drug-likeness (QED) is 0.735. The molecule has 0 radical (unpaired) electrons. The van der Waals surface area contributed by atoms with E-state index in [1.54, 1.807) is 31.0 Å². The third kappa shape index (κ3) is 5.95. The molecule has 4 nitrogen and oxygen atoms in total. The minimum absolute atomic E-state index is 0.0526. The van der Waals surface area contributed by atoms with Crippen LogP contribution in [0.5, 0.6) is 0 Å². The number of hydrogen-bond acceptors (Lipinski definition) is 4. The molecule has 0 aliphatic carbocycles. The Labute approximate surface area is 134 Å². The predicted octanol–water partition coefficient (Wildman–Crippen LogP) is 2.87. The second kappa shape index (κ2) is 8.06. The number of rotatable bonds is 8. The summed E-state index contributed by atoms with van der Waals surface area (Å²) in [6.45, 7) is 1.90. The van der Waals surface area contributed by atoms with Crippen molar-refractivity contribution in [1.29, 1.82) is 0 Å². The Morgan fingerprint density at radius 1 is 1.27 bits per heavy atom. The van der Waals surface area contributed by atoms with Gasteiger partial charge in [-0.15, -0.1) is 11.8 Å². The molecule has 2 N–H and O–H groups in total. The highest BCUT2D eigenvalue weighted by Crippen LogP contribution is 2.17. The number of hydrogen-bond donors (Lipinski definition) is 2. The van der Waals surface area contributed by atoms with Gasteiger partial charge in [0, 0.05) is 30.0 Å². The summed E-state index contributed by atoms with van der Waals surface area (Å²) in [5.74, 6) is 1.37. The Bertz CT molecular complexity index is 567. The zero-order valence-electron chi connectivity index (χ0n) is 12.6. The minimum atomic E-state index is -1.01. The van der Waals surface area contributed by atoms with Gasteiger partial charge in [-0.2, -0.15) is 0 Å². The molecule has 0 aliphatic heterocycles. The molecule has 2 aromatic rings. The predicted molar refractivity (Wildman–Crippen MR) is 87.8 cm³/mol. The van der Waals surface area contributed by atoms with Gasteiger partial charge in [-0.05, 0) is 31.2 Å². The number of carbonyl (C=O) groups is 1. The Balaban J connectivity index is 1.66. The molecule has 0 bridgehead atoms. The number of amides is 1. The van der Waals surface area contributed by atoms with Gasteiger partial charge in [0.1, 0.15) is 5.76 Å². The van der Waals surface area contributed by atoms with Gasteiger partial charge in [-0.25, -0.2) is 0 Å². The van der Waals surface area contributed by atoms with Crippen LogP contribution in [-0.4, -0.2) is 28.9 Å². The summed E-state index contributed by atoms with van der Waals surface area (Å²) in [4.78, 5) is 13.0. The number of aliphatic hydroxyl groups is 1. The van der Waals surface area contributed by atoms with Crippen LogP contribution in [0.3, 0.4) is 0 Å². The first-order chi connectivity index (χ1) is 10.6. The van der Waals surface area contributed by atoms with Crippen molar-refractivity contribution in [2.45, 2.75) is 30.3 Å². The van der Waals surface area contributed by atoms with Crippen LogP contribution in [0.2, 0.25) is 0 Å². The fourth-order valence-corrected chi connectivity index (χ4v) is 2.88. The molecule has 0 aliphatic rings. The second-order valence-electron chi connectivity index (χ2n) is 5.44. The van der Waals surface area contributed by atoms with Crippen LogP contribution in [0.4, 0.5) is 0 Å². The molecular weight excluding hydrogens is 298 g/mol. The van der Waals surface area contributed by atoms with Crippen molar-refractivity contribution < 1.29 is 14.3 Å². The van der Waals surface area contributed by atoms with Crippen LogP contribution >= 0.6 is 11.8 Å². The van der Waals surface area contributed by atoms with E-state index in [4.69, 9.17) is 4.42 Å². The zero-order chi connectivity index (χ0) is 15.8. The molecule has 0 fully saturated rings. The van der Waals surface area contributed by atoms with Crippen molar-refractivity contribution in [3.63, 3.8) is 0 Å². The van der Waals surface area contributed by atoms with Gasteiger partial charge in [-0.3, -0.25) is 4.79 Å². The summed E-state index contributed by atoms with van der Waals surface area (Å²) in [5, 5.41) is 13.0. The van der Waals surface area contributed by atoms with Crippen molar-refractivity contribution >= 4 is 17.7 Å². The molecule has 1 aromatic heterocycles. The lowest BCUT2D eigenvalue weighted by Gasteiger charge is -2.22. The van der Waals surface area contributed by atoms with E-state index in [-0.39, 0.29) is 12.5 Å². The average molecular weight is 319 g/mol. The molecule has 2 rings (SSSR count). The Morgan fingerprint density at radius 3 is 2.73 bits per heavy atom. The lowest BCUT2D eigenvalue weighted by Crippen LogP contribution is -2.42. The van der Waals surface area contributed by atoms with E-state index in [1.165, 1.54) is 0 Å². The molecule has 22 heavy (non-hydrogen) atoms. The van der Waals surface area contributed by atoms with Crippen molar-refractivity contribution in [3.8, 4) is 0 Å². The van der Waals surface area contributed by atoms with Gasteiger partial charge in [0.05, 0.1) is 11.9 Å². The Kier molecular flexibility index (Phi) is 6.10. The van der Waals surface area contributed by atoms with Crippen molar-refractivity contribution in [2.75, 3.05) is 12.3 Å². The maximum Gasteiger partial charge on any atom is 0.220 e. The highest BCUT2D eigenvalue weighted by molar-refractivity contribution is 7.99. The summed E-state index contributed by atoms with van der Waals surface area (Å²) >= 11 is 1.65. The Morgan fingerprint density at radius 2 is 2.05 bits per heavy atom. The molecule has 1 atom stereocenters. The molecule has 5 heteroatoms. The summed E-state index contributed by atoms with van der Waals surface area (Å²) < 4.78 is 5.21. The normalized spacial score (nSPS) is 13.5. The molecule has 0 spiro atoms. The van der Waals surface area contributed by atoms with Crippen LogP contribution in [0.15, 0.2) is 58.0 Å². The van der Waals surface area contributed by atoms with E-state index in [2.05, 4.69) is 5.32 Å². The highest BCUT2D eigenvalue weighted by atomic mass is 32.2. The molecule has 1 heterocycles. The number of thioether (sulfide) groups is 1. The van der Waals surface area contributed by atoms with Crippen LogP contribution in [-0.2, 0) is 11.2 Å². The molecule has 118 valence electrons. The van der Waals surface area contributed by atoms with Gasteiger partial charge in [0.2, 0.25) is 5.91 Å². The topological polar surface area (TPSA) is 62.5 Å². The van der Waals surface area contributed by atoms with Gasteiger partial charge < -0.3 is 14.8 Å². The molecule has 1 aromatic carbocycles. The molecule has 1 amide bonds. The highest BCUT2D eigenvalue weighted by Gasteiger charge is 2.23. The van der Waals surface area contributed by atoms with Crippen molar-refractivity contribution in [3.05, 3.63) is 54.5 Å². The third-order valence-electron chi connectivity index (χ3n) is 3.14. The van der Waals surface area contributed by atoms with E-state index >= 15 is 0 Å². The standard InChI is InChI=1S/C17H21NO3S/c1-17(20,12-14-6-5-10-21-14)13-18-16(19)9-11-22-15-7-3-2-4-8-15/h2-8,10,20H,9,11-13H2,1H3,(H,18,19)/t17-/m0/s1. The molecule has 0 unspecified atom stereocenters. The van der Waals surface area contributed by atoms with Crippen LogP contribution in [0, 0.1) is 0 Å². The summed E-state index contributed by atoms with van der Waals surface area (Å²) in [5.41, 5.74) is -1.01. The summed E-state index contributed by atoms with van der Waals surface area (Å²) in [7, 11) is 0. The fourth-order valence-electron chi connectivity index (χ4n) is 2.01. The first kappa shape index (κ1) is 16.6. The van der Waals surface area contributed by atoms with Crippen LogP contribution < -0.4 is 5.32 Å². The lowest BCUT2D eigenvalue weighted by molar-refractivity contribution is -0.121. The third-order valence-corrected chi connectivity index (χ3v) is 4.16. The van der Waals surface area contributed by atoms with Crippen LogP contribution in [0.25, 0.3) is 0 Å². The lowest BCUT2D eigenvalue weighted by atomic mass is 10.0. The summed E-state index contributed by atoms with van der Waals surface area (Å²) in [6, 6.07) is 13.6. The first-order valence-corrected chi connectivity index (χ1v) is 8.23. The van der Waals surface area contributed by atoms with E-state index in [9.17, 15) is 9.90 Å². The fraction of sp³-hybridized carbons (Fsp3) is 0.353. The Hall–Kier alpha value is -1.72. The SMILES string of the molecule is C[C@@](O)(CNC(=O)CCSc1ccccc1)Cc1ccco1. The van der Waals surface area contributed by atoms with E-state index in [0.29, 0.717) is 18.6 Å². The van der Waals surface area contributed by atoms with Gasteiger partial charge in [-0.1, -0.05) is 18.2 Å². The van der Waals surface area contributed by atoms with Crippen molar-refractivity contribution in [2.24, 2.45) is 0 Å². The smallest absolute Gasteiger partial charge is 0.220 e. The number of furan rings is 1. The van der Waals surface area contributed by atoms with E-state index in [0.717, 1.165) is 10.6 Å². The second-order valence-corrected chi connectivity index (χ2v) is 6.61. The summed E-state index contributed by atoms with van der Waals surface area (Å²) in [6.07, 6.45) is 2.38. The molecular formula is C17H21NO3S. The van der Waals surface area contributed by atoms with E-state index in [1.807, 2.05) is 36.4 Å². The first-order valence-electron chi connectivity index (χ1n) is 7.24. The molecule has 0 saturated carbocycles. The van der Waals surface area contributed by atoms with Crippen LogP contribution in [0.1, 0.15) is 19.1 Å². The average Bonchev–Trinajstić information content (AvgIpc) is 2.99. The monoisotopic (exact) mass is 319 g/mol. The number of carbonyl (C=O) groups excluding carboxylic acids is 1. The largest absolute Gasteiger partial charge is 0.469 e. The zero-order valence-corrected chi connectivity index (χ0v) is 13.4.